The SMILES string of the molecule is COCCN1C(=O)C(=O)C(=C(O)c2ccc(OC(C)C)cc2)C1c1cccc([N+](=O)[O-])c1. The fourth-order valence-electron chi connectivity index (χ4n) is 3.57. The number of rotatable bonds is 8. The summed E-state index contributed by atoms with van der Waals surface area (Å²) in [5, 5.41) is 22.3. The van der Waals surface area contributed by atoms with E-state index in [2.05, 4.69) is 0 Å². The van der Waals surface area contributed by atoms with Gasteiger partial charge in [-0.15, -0.1) is 0 Å². The summed E-state index contributed by atoms with van der Waals surface area (Å²) in [5.41, 5.74) is 0.344. The molecule has 1 unspecified atom stereocenters. The van der Waals surface area contributed by atoms with E-state index in [1.165, 1.54) is 30.2 Å². The number of nitro benzene ring substituents is 1. The number of aliphatic hydroxyl groups is 1. The monoisotopic (exact) mass is 440 g/mol. The van der Waals surface area contributed by atoms with Crippen LogP contribution in [-0.2, 0) is 14.3 Å². The van der Waals surface area contributed by atoms with Crippen molar-refractivity contribution in [3.63, 3.8) is 0 Å². The third-order valence-electron chi connectivity index (χ3n) is 4.97. The molecule has 1 aliphatic rings. The lowest BCUT2D eigenvalue weighted by molar-refractivity contribution is -0.384. The number of carbonyl (C=O) groups excluding carboxylic acids is 2. The standard InChI is InChI=1S/C23H24N2O7/c1-14(2)32-18-9-7-15(8-10-18)21(26)19-20(16-5-4-6-17(13-16)25(29)30)24(11-12-31-3)23(28)22(19)27/h4-10,13-14,20,26H,11-12H2,1-3H3. The number of carbonyl (C=O) groups is 2. The molecule has 9 nitrogen and oxygen atoms in total. The number of aliphatic hydroxyl groups excluding tert-OH is 1. The van der Waals surface area contributed by atoms with Gasteiger partial charge in [0.15, 0.2) is 0 Å². The molecule has 0 spiro atoms. The van der Waals surface area contributed by atoms with Gasteiger partial charge in [0.25, 0.3) is 17.4 Å². The molecule has 0 aromatic heterocycles. The molecule has 2 aromatic carbocycles. The van der Waals surface area contributed by atoms with Crippen molar-refractivity contribution in [3.05, 3.63) is 75.3 Å². The van der Waals surface area contributed by atoms with E-state index in [-0.39, 0.29) is 36.3 Å². The molecule has 1 heterocycles. The molecule has 1 N–H and O–H groups in total. The number of hydrogen-bond donors (Lipinski definition) is 1. The molecular weight excluding hydrogens is 416 g/mol. The van der Waals surface area contributed by atoms with E-state index >= 15 is 0 Å². The van der Waals surface area contributed by atoms with Crippen molar-refractivity contribution >= 4 is 23.1 Å². The van der Waals surface area contributed by atoms with Gasteiger partial charge in [-0.2, -0.15) is 0 Å². The Morgan fingerprint density at radius 1 is 1.19 bits per heavy atom. The fraction of sp³-hybridized carbons (Fsp3) is 0.304. The summed E-state index contributed by atoms with van der Waals surface area (Å²) in [6, 6.07) is 11.1. The molecule has 1 fully saturated rings. The molecule has 0 radical (unpaired) electrons. The summed E-state index contributed by atoms with van der Waals surface area (Å²) in [4.78, 5) is 37.6. The average Bonchev–Trinajstić information content (AvgIpc) is 3.02. The van der Waals surface area contributed by atoms with Crippen molar-refractivity contribution in [2.45, 2.75) is 26.0 Å². The first kappa shape index (κ1) is 23.0. The highest BCUT2D eigenvalue weighted by Gasteiger charge is 2.46. The normalized spacial score (nSPS) is 17.8. The predicted molar refractivity (Wildman–Crippen MR) is 116 cm³/mol. The summed E-state index contributed by atoms with van der Waals surface area (Å²) >= 11 is 0. The minimum atomic E-state index is -0.989. The number of ketones is 1. The van der Waals surface area contributed by atoms with Gasteiger partial charge in [0.2, 0.25) is 0 Å². The second-order valence-corrected chi connectivity index (χ2v) is 7.53. The number of ether oxygens (including phenoxy) is 2. The van der Waals surface area contributed by atoms with Gasteiger partial charge >= 0.3 is 0 Å². The Morgan fingerprint density at radius 2 is 1.88 bits per heavy atom. The van der Waals surface area contributed by atoms with E-state index in [4.69, 9.17) is 9.47 Å². The second kappa shape index (κ2) is 9.61. The molecule has 9 heteroatoms. The largest absolute Gasteiger partial charge is 0.507 e. The van der Waals surface area contributed by atoms with E-state index in [1.54, 1.807) is 30.3 Å². The zero-order valence-corrected chi connectivity index (χ0v) is 18.0. The van der Waals surface area contributed by atoms with Crippen LogP contribution in [0.25, 0.3) is 5.76 Å². The van der Waals surface area contributed by atoms with Crippen LogP contribution in [0.5, 0.6) is 5.75 Å². The lowest BCUT2D eigenvalue weighted by Gasteiger charge is -2.25. The van der Waals surface area contributed by atoms with Crippen molar-refractivity contribution in [3.8, 4) is 5.75 Å². The molecule has 3 rings (SSSR count). The number of Topliss-reactive ketones (excluding diaryl/α,β-unsaturated/α-hetero) is 1. The fourth-order valence-corrected chi connectivity index (χ4v) is 3.57. The van der Waals surface area contributed by atoms with Gasteiger partial charge in [0.05, 0.1) is 29.2 Å². The van der Waals surface area contributed by atoms with Crippen LogP contribution >= 0.6 is 0 Å². The van der Waals surface area contributed by atoms with Gasteiger partial charge in [-0.05, 0) is 43.7 Å². The lowest BCUT2D eigenvalue weighted by atomic mass is 9.95. The van der Waals surface area contributed by atoms with Crippen molar-refractivity contribution < 1.29 is 29.1 Å². The molecule has 1 saturated heterocycles. The van der Waals surface area contributed by atoms with Crippen LogP contribution in [-0.4, -0.2) is 53.0 Å². The highest BCUT2D eigenvalue weighted by atomic mass is 16.6. The summed E-state index contributed by atoms with van der Waals surface area (Å²) in [5.74, 6) is -1.44. The molecule has 32 heavy (non-hydrogen) atoms. The Labute approximate surface area is 185 Å². The van der Waals surface area contributed by atoms with Crippen LogP contribution < -0.4 is 4.74 Å². The minimum absolute atomic E-state index is 0.0329. The Balaban J connectivity index is 2.11. The summed E-state index contributed by atoms with van der Waals surface area (Å²) in [6.07, 6.45) is -0.0329. The van der Waals surface area contributed by atoms with Gasteiger partial charge in [-0.1, -0.05) is 12.1 Å². The minimum Gasteiger partial charge on any atom is -0.507 e. The number of nitrogens with zero attached hydrogens (tertiary/aromatic N) is 2. The highest BCUT2D eigenvalue weighted by molar-refractivity contribution is 6.46. The maximum absolute atomic E-state index is 12.9. The van der Waals surface area contributed by atoms with Gasteiger partial charge in [-0.3, -0.25) is 19.7 Å². The number of amides is 1. The Morgan fingerprint density at radius 3 is 2.47 bits per heavy atom. The number of hydrogen-bond acceptors (Lipinski definition) is 7. The maximum atomic E-state index is 12.9. The predicted octanol–water partition coefficient (Wildman–Crippen LogP) is 3.45. The van der Waals surface area contributed by atoms with Crippen LogP contribution in [0.3, 0.4) is 0 Å². The number of non-ortho nitro benzene ring substituents is 1. The van der Waals surface area contributed by atoms with Crippen molar-refractivity contribution in [2.75, 3.05) is 20.3 Å². The van der Waals surface area contributed by atoms with E-state index in [9.17, 15) is 24.8 Å². The lowest BCUT2D eigenvalue weighted by Crippen LogP contribution is -2.32. The molecule has 1 aliphatic heterocycles. The van der Waals surface area contributed by atoms with E-state index in [0.717, 1.165) is 0 Å². The first-order valence-corrected chi connectivity index (χ1v) is 10.0. The average molecular weight is 440 g/mol. The first-order valence-electron chi connectivity index (χ1n) is 10.0. The molecule has 168 valence electrons. The van der Waals surface area contributed by atoms with Gasteiger partial charge in [0.1, 0.15) is 11.5 Å². The topological polar surface area (TPSA) is 119 Å². The van der Waals surface area contributed by atoms with Gasteiger partial charge < -0.3 is 19.5 Å². The molecule has 0 bridgehead atoms. The summed E-state index contributed by atoms with van der Waals surface area (Å²) in [6.45, 7) is 3.99. The Kier molecular flexibility index (Phi) is 6.89. The van der Waals surface area contributed by atoms with Gasteiger partial charge in [0, 0.05) is 31.4 Å². The molecule has 2 aromatic rings. The van der Waals surface area contributed by atoms with Crippen molar-refractivity contribution in [1.82, 2.24) is 4.90 Å². The zero-order valence-electron chi connectivity index (χ0n) is 18.0. The Hall–Kier alpha value is -3.72. The number of likely N-dealkylation sites (tertiary alicyclic amines) is 1. The third kappa shape index (κ3) is 4.62. The number of methoxy groups -OCH3 is 1. The van der Waals surface area contributed by atoms with E-state index < -0.39 is 22.7 Å². The summed E-state index contributed by atoms with van der Waals surface area (Å²) < 4.78 is 10.6. The first-order chi connectivity index (χ1) is 15.2. The highest BCUT2D eigenvalue weighted by Crippen LogP contribution is 2.40. The smallest absolute Gasteiger partial charge is 0.295 e. The second-order valence-electron chi connectivity index (χ2n) is 7.53. The molecule has 1 atom stereocenters. The van der Waals surface area contributed by atoms with Gasteiger partial charge in [-0.25, -0.2) is 0 Å². The van der Waals surface area contributed by atoms with E-state index in [0.29, 0.717) is 16.9 Å². The van der Waals surface area contributed by atoms with Crippen LogP contribution in [0.2, 0.25) is 0 Å². The molecule has 1 amide bonds. The van der Waals surface area contributed by atoms with Crippen molar-refractivity contribution in [1.29, 1.82) is 0 Å². The quantitative estimate of drug-likeness (QED) is 0.219. The molecule has 0 aliphatic carbocycles. The van der Waals surface area contributed by atoms with Crippen molar-refractivity contribution in [2.24, 2.45) is 0 Å². The zero-order chi connectivity index (χ0) is 23.4. The third-order valence-corrected chi connectivity index (χ3v) is 4.97. The van der Waals surface area contributed by atoms with Crippen LogP contribution in [0.15, 0.2) is 54.1 Å². The maximum Gasteiger partial charge on any atom is 0.295 e. The van der Waals surface area contributed by atoms with Crippen LogP contribution in [0.4, 0.5) is 5.69 Å². The van der Waals surface area contributed by atoms with Crippen LogP contribution in [0.1, 0.15) is 31.0 Å². The number of nitro groups is 1. The molecular formula is C23H24N2O7. The summed E-state index contributed by atoms with van der Waals surface area (Å²) in [7, 11) is 1.46. The Bertz CT molecular complexity index is 1060. The van der Waals surface area contributed by atoms with Crippen LogP contribution in [0, 0.1) is 10.1 Å². The number of benzene rings is 2. The molecule has 0 saturated carbocycles. The van der Waals surface area contributed by atoms with E-state index in [1.807, 2.05) is 13.8 Å².